The van der Waals surface area contributed by atoms with Gasteiger partial charge in [0.2, 0.25) is 0 Å². The molecule has 1 saturated heterocycles. The first-order valence-corrected chi connectivity index (χ1v) is 7.37. The Labute approximate surface area is 126 Å². The van der Waals surface area contributed by atoms with Crippen molar-refractivity contribution in [3.05, 3.63) is 34.9 Å². The number of nitrogens with one attached hydrogen (secondary N) is 1. The number of carbonyl (C=O) groups is 1. The third-order valence-electron chi connectivity index (χ3n) is 3.65. The number of hydrogen-bond acceptors (Lipinski definition) is 4. The van der Waals surface area contributed by atoms with E-state index in [-0.39, 0.29) is 5.91 Å². The first kappa shape index (κ1) is 15.9. The maximum Gasteiger partial charge on any atom is 0.251 e. The molecule has 1 aliphatic heterocycles. The number of rotatable bonds is 6. The van der Waals surface area contributed by atoms with Gasteiger partial charge in [-0.05, 0) is 24.1 Å². The van der Waals surface area contributed by atoms with Gasteiger partial charge < -0.3 is 14.8 Å². The van der Waals surface area contributed by atoms with Gasteiger partial charge in [-0.3, -0.25) is 9.69 Å². The van der Waals surface area contributed by atoms with Gasteiger partial charge in [-0.25, -0.2) is 0 Å². The standard InChI is InChI=1S/C16H24N2O3/c1-13-3-4-14(12-18-6-9-21-10-7-18)11-15(13)16(19)17-5-8-20-2/h3-4,11H,5-10,12H2,1-2H3,(H,17,19). The van der Waals surface area contributed by atoms with Crippen molar-refractivity contribution >= 4 is 5.91 Å². The highest BCUT2D eigenvalue weighted by molar-refractivity contribution is 5.95. The van der Waals surface area contributed by atoms with Crippen LogP contribution in [0.4, 0.5) is 0 Å². The molecular formula is C16H24N2O3. The number of carbonyl (C=O) groups excluding carboxylic acids is 1. The summed E-state index contributed by atoms with van der Waals surface area (Å²) >= 11 is 0. The molecule has 1 N–H and O–H groups in total. The van der Waals surface area contributed by atoms with Crippen LogP contribution in [0.5, 0.6) is 0 Å². The summed E-state index contributed by atoms with van der Waals surface area (Å²) < 4.78 is 10.3. The Morgan fingerprint density at radius 1 is 1.38 bits per heavy atom. The van der Waals surface area contributed by atoms with Gasteiger partial charge >= 0.3 is 0 Å². The van der Waals surface area contributed by atoms with E-state index in [1.54, 1.807) is 7.11 Å². The Kier molecular flexibility index (Phi) is 6.17. The highest BCUT2D eigenvalue weighted by Gasteiger charge is 2.13. The molecule has 0 saturated carbocycles. The van der Waals surface area contributed by atoms with Crippen LogP contribution in [0.15, 0.2) is 18.2 Å². The van der Waals surface area contributed by atoms with E-state index in [2.05, 4.69) is 16.3 Å². The molecule has 0 unspecified atom stereocenters. The minimum atomic E-state index is -0.0339. The van der Waals surface area contributed by atoms with Crippen molar-refractivity contribution in [2.24, 2.45) is 0 Å². The SMILES string of the molecule is COCCNC(=O)c1cc(CN2CCOCC2)ccc1C. The zero-order chi connectivity index (χ0) is 15.1. The largest absolute Gasteiger partial charge is 0.383 e. The van der Waals surface area contributed by atoms with Crippen LogP contribution in [0.1, 0.15) is 21.5 Å². The summed E-state index contributed by atoms with van der Waals surface area (Å²) in [4.78, 5) is 14.5. The van der Waals surface area contributed by atoms with E-state index < -0.39 is 0 Å². The second-order valence-corrected chi connectivity index (χ2v) is 5.29. The van der Waals surface area contributed by atoms with Crippen LogP contribution in [0.2, 0.25) is 0 Å². The van der Waals surface area contributed by atoms with Gasteiger partial charge in [0, 0.05) is 38.9 Å². The summed E-state index contributed by atoms with van der Waals surface area (Å²) in [5, 5.41) is 2.87. The second-order valence-electron chi connectivity index (χ2n) is 5.29. The highest BCUT2D eigenvalue weighted by atomic mass is 16.5. The van der Waals surface area contributed by atoms with Crippen LogP contribution in [-0.4, -0.2) is 57.4 Å². The topological polar surface area (TPSA) is 50.8 Å². The molecule has 0 radical (unpaired) electrons. The number of methoxy groups -OCH3 is 1. The smallest absolute Gasteiger partial charge is 0.251 e. The molecule has 0 bridgehead atoms. The summed E-state index contributed by atoms with van der Waals surface area (Å²) in [6.45, 7) is 7.35. The van der Waals surface area contributed by atoms with Gasteiger partial charge in [0.25, 0.3) is 5.91 Å². The van der Waals surface area contributed by atoms with Crippen molar-refractivity contribution in [1.82, 2.24) is 10.2 Å². The molecule has 0 aromatic heterocycles. The van der Waals surface area contributed by atoms with Gasteiger partial charge in [-0.15, -0.1) is 0 Å². The minimum Gasteiger partial charge on any atom is -0.383 e. The molecular weight excluding hydrogens is 268 g/mol. The van der Waals surface area contributed by atoms with Crippen molar-refractivity contribution in [3.63, 3.8) is 0 Å². The van der Waals surface area contributed by atoms with E-state index in [0.717, 1.165) is 44.0 Å². The Balaban J connectivity index is 2.00. The molecule has 5 heteroatoms. The first-order valence-electron chi connectivity index (χ1n) is 7.37. The molecule has 1 aliphatic rings. The molecule has 1 aromatic carbocycles. The van der Waals surface area contributed by atoms with E-state index in [1.807, 2.05) is 19.1 Å². The summed E-state index contributed by atoms with van der Waals surface area (Å²) in [5.74, 6) is -0.0339. The molecule has 0 spiro atoms. The lowest BCUT2D eigenvalue weighted by Crippen LogP contribution is -2.35. The summed E-state index contributed by atoms with van der Waals surface area (Å²) in [5.41, 5.74) is 2.91. The molecule has 2 rings (SSSR count). The molecule has 1 amide bonds. The molecule has 5 nitrogen and oxygen atoms in total. The fourth-order valence-electron chi connectivity index (χ4n) is 2.39. The van der Waals surface area contributed by atoms with Crippen molar-refractivity contribution < 1.29 is 14.3 Å². The lowest BCUT2D eigenvalue weighted by molar-refractivity contribution is 0.0342. The quantitative estimate of drug-likeness (QED) is 0.801. The van der Waals surface area contributed by atoms with Crippen molar-refractivity contribution in [2.75, 3.05) is 46.6 Å². The second kappa shape index (κ2) is 8.12. The van der Waals surface area contributed by atoms with Crippen molar-refractivity contribution in [1.29, 1.82) is 0 Å². The summed E-state index contributed by atoms with van der Waals surface area (Å²) in [7, 11) is 1.63. The highest BCUT2D eigenvalue weighted by Crippen LogP contribution is 2.14. The number of morpholine rings is 1. The van der Waals surface area contributed by atoms with Crippen molar-refractivity contribution in [3.8, 4) is 0 Å². The third kappa shape index (κ3) is 4.81. The summed E-state index contributed by atoms with van der Waals surface area (Å²) in [6, 6.07) is 6.10. The Morgan fingerprint density at radius 2 is 2.14 bits per heavy atom. The number of nitrogens with zero attached hydrogens (tertiary/aromatic N) is 1. The number of ether oxygens (including phenoxy) is 2. The molecule has 0 aliphatic carbocycles. The monoisotopic (exact) mass is 292 g/mol. The van der Waals surface area contributed by atoms with Crippen LogP contribution in [0.25, 0.3) is 0 Å². The van der Waals surface area contributed by atoms with Crippen molar-refractivity contribution in [2.45, 2.75) is 13.5 Å². The molecule has 1 aromatic rings. The zero-order valence-electron chi connectivity index (χ0n) is 12.9. The van der Waals surface area contributed by atoms with E-state index in [1.165, 1.54) is 5.56 Å². The normalized spacial score (nSPS) is 15.9. The fourth-order valence-corrected chi connectivity index (χ4v) is 2.39. The van der Waals surface area contributed by atoms with Crippen LogP contribution < -0.4 is 5.32 Å². The fraction of sp³-hybridized carbons (Fsp3) is 0.562. The average Bonchev–Trinajstić information content (AvgIpc) is 2.50. The summed E-state index contributed by atoms with van der Waals surface area (Å²) in [6.07, 6.45) is 0. The predicted molar refractivity (Wildman–Crippen MR) is 81.5 cm³/mol. The zero-order valence-corrected chi connectivity index (χ0v) is 12.9. The van der Waals surface area contributed by atoms with Crippen LogP contribution in [0, 0.1) is 6.92 Å². The van der Waals surface area contributed by atoms with Gasteiger partial charge in [0.05, 0.1) is 19.8 Å². The number of aryl methyl sites for hydroxylation is 1. The number of hydrogen-bond donors (Lipinski definition) is 1. The Morgan fingerprint density at radius 3 is 2.86 bits per heavy atom. The first-order chi connectivity index (χ1) is 10.2. The minimum absolute atomic E-state index is 0.0339. The van der Waals surface area contributed by atoms with E-state index in [4.69, 9.17) is 9.47 Å². The van der Waals surface area contributed by atoms with E-state index in [9.17, 15) is 4.79 Å². The van der Waals surface area contributed by atoms with Gasteiger partial charge in [-0.2, -0.15) is 0 Å². The van der Waals surface area contributed by atoms with E-state index in [0.29, 0.717) is 13.2 Å². The maximum atomic E-state index is 12.2. The Hall–Kier alpha value is -1.43. The average molecular weight is 292 g/mol. The number of amides is 1. The van der Waals surface area contributed by atoms with Gasteiger partial charge in [-0.1, -0.05) is 12.1 Å². The predicted octanol–water partition coefficient (Wildman–Crippen LogP) is 1.20. The van der Waals surface area contributed by atoms with E-state index >= 15 is 0 Å². The molecule has 1 fully saturated rings. The van der Waals surface area contributed by atoms with Gasteiger partial charge in [0.15, 0.2) is 0 Å². The molecule has 1 heterocycles. The molecule has 116 valence electrons. The Bertz CT molecular complexity index is 471. The van der Waals surface area contributed by atoms with Crippen LogP contribution >= 0.6 is 0 Å². The maximum absolute atomic E-state index is 12.2. The number of benzene rings is 1. The van der Waals surface area contributed by atoms with Crippen LogP contribution in [-0.2, 0) is 16.0 Å². The molecule has 21 heavy (non-hydrogen) atoms. The molecule has 0 atom stereocenters. The third-order valence-corrected chi connectivity index (χ3v) is 3.65. The lowest BCUT2D eigenvalue weighted by Gasteiger charge is -2.26. The lowest BCUT2D eigenvalue weighted by atomic mass is 10.0. The van der Waals surface area contributed by atoms with Crippen LogP contribution in [0.3, 0.4) is 0 Å². The van der Waals surface area contributed by atoms with Gasteiger partial charge in [0.1, 0.15) is 0 Å².